The number of likely N-dealkylation sites (N-methyl/N-ethyl adjacent to an activating group) is 1. The summed E-state index contributed by atoms with van der Waals surface area (Å²) >= 11 is 0. The van der Waals surface area contributed by atoms with E-state index < -0.39 is 0 Å². The van der Waals surface area contributed by atoms with Gasteiger partial charge in [0, 0.05) is 24.9 Å². The monoisotopic (exact) mass is 186 g/mol. The van der Waals surface area contributed by atoms with Crippen molar-refractivity contribution < 1.29 is 9.53 Å². The SMILES string of the molecule is CCNCCNC(C)=CC(=O)OC. The second-order valence-electron chi connectivity index (χ2n) is 2.63. The number of hydrogen-bond acceptors (Lipinski definition) is 4. The van der Waals surface area contributed by atoms with Crippen molar-refractivity contribution in [2.75, 3.05) is 26.7 Å². The lowest BCUT2D eigenvalue weighted by Gasteiger charge is -2.05. The predicted octanol–water partition coefficient (Wildman–Crippen LogP) is 0.262. The van der Waals surface area contributed by atoms with Gasteiger partial charge in [-0.15, -0.1) is 0 Å². The molecule has 0 atom stereocenters. The van der Waals surface area contributed by atoms with Gasteiger partial charge in [-0.3, -0.25) is 0 Å². The van der Waals surface area contributed by atoms with E-state index in [0.29, 0.717) is 0 Å². The minimum absolute atomic E-state index is 0.326. The Hall–Kier alpha value is -1.03. The van der Waals surface area contributed by atoms with Gasteiger partial charge in [0.25, 0.3) is 0 Å². The van der Waals surface area contributed by atoms with Crippen molar-refractivity contribution in [3.63, 3.8) is 0 Å². The molecule has 0 aromatic carbocycles. The maximum atomic E-state index is 10.8. The molecule has 0 spiro atoms. The van der Waals surface area contributed by atoms with Crippen molar-refractivity contribution in [2.24, 2.45) is 0 Å². The Bertz CT molecular complexity index is 178. The van der Waals surface area contributed by atoms with Crippen LogP contribution < -0.4 is 10.6 Å². The van der Waals surface area contributed by atoms with Gasteiger partial charge in [-0.2, -0.15) is 0 Å². The molecule has 76 valence electrons. The number of hydrogen-bond donors (Lipinski definition) is 2. The Morgan fingerprint density at radius 1 is 1.46 bits per heavy atom. The van der Waals surface area contributed by atoms with Crippen molar-refractivity contribution >= 4 is 5.97 Å². The number of allylic oxidation sites excluding steroid dienone is 1. The molecular formula is C9H18N2O2. The zero-order chi connectivity index (χ0) is 10.1. The molecular weight excluding hydrogens is 168 g/mol. The second-order valence-corrected chi connectivity index (χ2v) is 2.63. The zero-order valence-corrected chi connectivity index (χ0v) is 8.52. The smallest absolute Gasteiger partial charge is 0.332 e. The Morgan fingerprint density at radius 2 is 2.15 bits per heavy atom. The van der Waals surface area contributed by atoms with E-state index in [2.05, 4.69) is 22.3 Å². The Morgan fingerprint density at radius 3 is 2.69 bits per heavy atom. The van der Waals surface area contributed by atoms with Crippen molar-refractivity contribution in [3.8, 4) is 0 Å². The maximum absolute atomic E-state index is 10.8. The van der Waals surface area contributed by atoms with E-state index in [1.54, 1.807) is 0 Å². The second kappa shape index (κ2) is 7.61. The molecule has 0 amide bonds. The standard InChI is InChI=1S/C9H18N2O2/c1-4-10-5-6-11-8(2)7-9(12)13-3/h7,10-11H,4-6H2,1-3H3. The van der Waals surface area contributed by atoms with Crippen LogP contribution in [-0.4, -0.2) is 32.7 Å². The first-order valence-corrected chi connectivity index (χ1v) is 4.41. The summed E-state index contributed by atoms with van der Waals surface area (Å²) in [6.45, 7) is 6.55. The third-order valence-electron chi connectivity index (χ3n) is 1.49. The predicted molar refractivity (Wildman–Crippen MR) is 52.3 cm³/mol. The summed E-state index contributed by atoms with van der Waals surface area (Å²) in [5.74, 6) is -0.326. The van der Waals surface area contributed by atoms with Crippen LogP contribution in [-0.2, 0) is 9.53 Å². The molecule has 0 saturated heterocycles. The van der Waals surface area contributed by atoms with Crippen molar-refractivity contribution in [1.82, 2.24) is 10.6 Å². The number of methoxy groups -OCH3 is 1. The third kappa shape index (κ3) is 7.33. The number of carbonyl (C=O) groups excluding carboxylic acids is 1. The lowest BCUT2D eigenvalue weighted by Crippen LogP contribution is -2.26. The van der Waals surface area contributed by atoms with Gasteiger partial charge < -0.3 is 15.4 Å². The van der Waals surface area contributed by atoms with Crippen molar-refractivity contribution in [3.05, 3.63) is 11.8 Å². The van der Waals surface area contributed by atoms with Crippen molar-refractivity contribution in [2.45, 2.75) is 13.8 Å². The number of carbonyl (C=O) groups is 1. The van der Waals surface area contributed by atoms with Gasteiger partial charge in [0.2, 0.25) is 0 Å². The van der Waals surface area contributed by atoms with Gasteiger partial charge in [-0.25, -0.2) is 4.79 Å². The van der Waals surface area contributed by atoms with Gasteiger partial charge >= 0.3 is 5.97 Å². The van der Waals surface area contributed by atoms with E-state index in [0.717, 1.165) is 25.3 Å². The van der Waals surface area contributed by atoms with Crippen LogP contribution in [0.3, 0.4) is 0 Å². The van der Waals surface area contributed by atoms with Gasteiger partial charge in [0.05, 0.1) is 7.11 Å². The molecule has 4 heteroatoms. The van der Waals surface area contributed by atoms with Gasteiger partial charge in [-0.05, 0) is 13.5 Å². The molecule has 0 bridgehead atoms. The molecule has 0 aromatic rings. The largest absolute Gasteiger partial charge is 0.466 e. The van der Waals surface area contributed by atoms with Crippen LogP contribution in [0.25, 0.3) is 0 Å². The molecule has 0 fully saturated rings. The van der Waals surface area contributed by atoms with Crippen LogP contribution >= 0.6 is 0 Å². The van der Waals surface area contributed by atoms with Crippen molar-refractivity contribution in [1.29, 1.82) is 0 Å². The number of nitrogens with one attached hydrogen (secondary N) is 2. The third-order valence-corrected chi connectivity index (χ3v) is 1.49. The first-order valence-electron chi connectivity index (χ1n) is 4.41. The first kappa shape index (κ1) is 12.0. The average molecular weight is 186 g/mol. The van der Waals surface area contributed by atoms with Gasteiger partial charge in [0.15, 0.2) is 0 Å². The Kier molecular flexibility index (Phi) is 7.01. The van der Waals surface area contributed by atoms with Crippen LogP contribution in [0, 0.1) is 0 Å². The van der Waals surface area contributed by atoms with E-state index in [4.69, 9.17) is 0 Å². The lowest BCUT2D eigenvalue weighted by molar-refractivity contribution is -0.134. The molecule has 0 heterocycles. The summed E-state index contributed by atoms with van der Waals surface area (Å²) in [7, 11) is 1.37. The molecule has 0 radical (unpaired) electrons. The molecule has 0 aromatic heterocycles. The molecule has 13 heavy (non-hydrogen) atoms. The van der Waals surface area contributed by atoms with Crippen LogP contribution in [0.1, 0.15) is 13.8 Å². The highest BCUT2D eigenvalue weighted by atomic mass is 16.5. The molecule has 0 aliphatic rings. The Labute approximate surface area is 79.3 Å². The highest BCUT2D eigenvalue weighted by Gasteiger charge is 1.94. The number of ether oxygens (including phenoxy) is 1. The fraction of sp³-hybridized carbons (Fsp3) is 0.667. The fourth-order valence-corrected chi connectivity index (χ4v) is 0.812. The minimum Gasteiger partial charge on any atom is -0.466 e. The molecule has 0 rings (SSSR count). The number of esters is 1. The van der Waals surface area contributed by atoms with E-state index in [1.165, 1.54) is 13.2 Å². The fourth-order valence-electron chi connectivity index (χ4n) is 0.812. The molecule has 0 aliphatic heterocycles. The molecule has 0 unspecified atom stereocenters. The first-order chi connectivity index (χ1) is 6.20. The molecule has 0 aliphatic carbocycles. The summed E-state index contributed by atoms with van der Waals surface area (Å²) in [6, 6.07) is 0. The summed E-state index contributed by atoms with van der Waals surface area (Å²) in [5, 5.41) is 6.25. The maximum Gasteiger partial charge on any atom is 0.332 e. The normalized spacial score (nSPS) is 11.2. The summed E-state index contributed by atoms with van der Waals surface area (Å²) < 4.78 is 4.48. The quantitative estimate of drug-likeness (QED) is 0.355. The van der Waals surface area contributed by atoms with E-state index >= 15 is 0 Å². The molecule has 2 N–H and O–H groups in total. The summed E-state index contributed by atoms with van der Waals surface area (Å²) in [6.07, 6.45) is 1.44. The minimum atomic E-state index is -0.326. The molecule has 4 nitrogen and oxygen atoms in total. The highest BCUT2D eigenvalue weighted by Crippen LogP contribution is 1.86. The van der Waals surface area contributed by atoms with E-state index in [9.17, 15) is 4.79 Å². The average Bonchev–Trinajstić information content (AvgIpc) is 2.12. The van der Waals surface area contributed by atoms with Crippen LogP contribution in [0.5, 0.6) is 0 Å². The summed E-state index contributed by atoms with van der Waals surface area (Å²) in [5.41, 5.74) is 0.824. The van der Waals surface area contributed by atoms with Gasteiger partial charge in [-0.1, -0.05) is 6.92 Å². The van der Waals surface area contributed by atoms with E-state index in [1.807, 2.05) is 6.92 Å². The van der Waals surface area contributed by atoms with Crippen LogP contribution in [0.4, 0.5) is 0 Å². The zero-order valence-electron chi connectivity index (χ0n) is 8.52. The highest BCUT2D eigenvalue weighted by molar-refractivity contribution is 5.82. The van der Waals surface area contributed by atoms with Crippen LogP contribution in [0.2, 0.25) is 0 Å². The van der Waals surface area contributed by atoms with Crippen LogP contribution in [0.15, 0.2) is 11.8 Å². The number of rotatable bonds is 6. The lowest BCUT2D eigenvalue weighted by atomic mass is 10.4. The summed E-state index contributed by atoms with van der Waals surface area (Å²) in [4.78, 5) is 10.8. The topological polar surface area (TPSA) is 50.4 Å². The Balaban J connectivity index is 3.55. The molecule has 0 saturated carbocycles. The van der Waals surface area contributed by atoms with E-state index in [-0.39, 0.29) is 5.97 Å². The van der Waals surface area contributed by atoms with Gasteiger partial charge in [0.1, 0.15) is 0 Å².